The molecule has 0 aliphatic heterocycles. The van der Waals surface area contributed by atoms with Gasteiger partial charge < -0.3 is 5.11 Å². The lowest BCUT2D eigenvalue weighted by atomic mass is 10.1. The van der Waals surface area contributed by atoms with Crippen LogP contribution in [-0.4, -0.2) is 22.2 Å². The molecule has 0 heterocycles. The van der Waals surface area contributed by atoms with E-state index >= 15 is 0 Å². The number of carbonyl (C=O) groups excluding carboxylic acids is 1. The number of carbonyl (C=O) groups is 1. The molecule has 0 fully saturated rings. The molecule has 0 aromatic heterocycles. The van der Waals surface area contributed by atoms with Gasteiger partial charge in [0.1, 0.15) is 0 Å². The van der Waals surface area contributed by atoms with Gasteiger partial charge >= 0.3 is 0 Å². The molecule has 2 nitrogen and oxygen atoms in total. The Morgan fingerprint density at radius 2 is 2.00 bits per heavy atom. The minimum Gasteiger partial charge on any atom is -0.392 e. The van der Waals surface area contributed by atoms with Crippen molar-refractivity contribution in [3.05, 3.63) is 29.8 Å². The van der Waals surface area contributed by atoms with E-state index in [1.807, 2.05) is 38.1 Å². The van der Waals surface area contributed by atoms with Crippen LogP contribution in [0, 0.1) is 0 Å². The summed E-state index contributed by atoms with van der Waals surface area (Å²) in [5, 5.41) is 9.55. The summed E-state index contributed by atoms with van der Waals surface area (Å²) in [6.45, 7) is 5.59. The minimum atomic E-state index is -0.380. The van der Waals surface area contributed by atoms with Gasteiger partial charge in [-0.15, -0.1) is 11.8 Å². The second-order valence-corrected chi connectivity index (χ2v) is 5.26. The van der Waals surface area contributed by atoms with Crippen LogP contribution in [0.2, 0.25) is 0 Å². The fraction of sp³-hybridized carbons (Fsp3) is 0.462. The van der Waals surface area contributed by atoms with E-state index in [-0.39, 0.29) is 17.1 Å². The molecule has 0 saturated carbocycles. The molecule has 0 aliphatic carbocycles. The van der Waals surface area contributed by atoms with Crippen LogP contribution >= 0.6 is 11.8 Å². The molecule has 1 N–H and O–H groups in total. The van der Waals surface area contributed by atoms with Crippen LogP contribution in [0.3, 0.4) is 0 Å². The summed E-state index contributed by atoms with van der Waals surface area (Å²) >= 11 is 1.55. The third-order valence-electron chi connectivity index (χ3n) is 2.50. The maximum atomic E-state index is 11.7. The average molecular weight is 238 g/mol. The monoisotopic (exact) mass is 238 g/mol. The van der Waals surface area contributed by atoms with E-state index in [2.05, 4.69) is 0 Å². The predicted molar refractivity (Wildman–Crippen MR) is 68.1 cm³/mol. The van der Waals surface area contributed by atoms with Crippen molar-refractivity contribution in [3.8, 4) is 0 Å². The molecule has 0 bridgehead atoms. The fourth-order valence-electron chi connectivity index (χ4n) is 1.29. The van der Waals surface area contributed by atoms with Gasteiger partial charge in [0.05, 0.1) is 6.10 Å². The highest BCUT2D eigenvalue weighted by Gasteiger charge is 2.15. The zero-order chi connectivity index (χ0) is 12.1. The van der Waals surface area contributed by atoms with E-state index in [0.29, 0.717) is 6.42 Å². The third kappa shape index (κ3) is 3.35. The van der Waals surface area contributed by atoms with Crippen LogP contribution in [0.1, 0.15) is 37.6 Å². The number of hydrogen-bond donors (Lipinski definition) is 1. The Morgan fingerprint density at radius 1 is 1.38 bits per heavy atom. The smallest absolute Gasteiger partial charge is 0.163 e. The second kappa shape index (κ2) is 6.06. The van der Waals surface area contributed by atoms with Gasteiger partial charge in [0.15, 0.2) is 5.78 Å². The van der Waals surface area contributed by atoms with Crippen LogP contribution in [0.4, 0.5) is 0 Å². The van der Waals surface area contributed by atoms with Crippen molar-refractivity contribution in [2.45, 2.75) is 43.4 Å². The standard InChI is InChI=1S/C13H18O2S/c1-4-12(15)11-7-5-6-8-13(11)16-10(3)9(2)14/h5-10,14H,4H2,1-3H3. The highest BCUT2D eigenvalue weighted by molar-refractivity contribution is 8.00. The molecule has 1 aromatic carbocycles. The predicted octanol–water partition coefficient (Wildman–Crippen LogP) is 3.14. The topological polar surface area (TPSA) is 37.3 Å². The van der Waals surface area contributed by atoms with Crippen molar-refractivity contribution < 1.29 is 9.90 Å². The molecule has 0 saturated heterocycles. The molecule has 0 spiro atoms. The van der Waals surface area contributed by atoms with Gasteiger partial charge in [-0.3, -0.25) is 4.79 Å². The Labute approximate surface area is 101 Å². The summed E-state index contributed by atoms with van der Waals surface area (Å²) < 4.78 is 0. The van der Waals surface area contributed by atoms with Gasteiger partial charge in [-0.2, -0.15) is 0 Å². The lowest BCUT2D eigenvalue weighted by Crippen LogP contribution is -2.15. The lowest BCUT2D eigenvalue weighted by molar-refractivity contribution is 0.0985. The Balaban J connectivity index is 2.91. The molecular weight excluding hydrogens is 220 g/mol. The van der Waals surface area contributed by atoms with Crippen LogP contribution in [-0.2, 0) is 0 Å². The average Bonchev–Trinajstić information content (AvgIpc) is 2.28. The van der Waals surface area contributed by atoms with Crippen LogP contribution < -0.4 is 0 Å². The Hall–Kier alpha value is -0.800. The van der Waals surface area contributed by atoms with Gasteiger partial charge in [0.2, 0.25) is 0 Å². The Bertz CT molecular complexity index is 361. The summed E-state index contributed by atoms with van der Waals surface area (Å²) in [7, 11) is 0. The lowest BCUT2D eigenvalue weighted by Gasteiger charge is -2.15. The van der Waals surface area contributed by atoms with Crippen LogP contribution in [0.15, 0.2) is 29.2 Å². The van der Waals surface area contributed by atoms with E-state index in [0.717, 1.165) is 10.5 Å². The zero-order valence-corrected chi connectivity index (χ0v) is 10.8. The number of ketones is 1. The van der Waals surface area contributed by atoms with Gasteiger partial charge in [-0.25, -0.2) is 0 Å². The molecule has 0 radical (unpaired) electrons. The van der Waals surface area contributed by atoms with Gasteiger partial charge in [0, 0.05) is 22.1 Å². The van der Waals surface area contributed by atoms with Gasteiger partial charge in [-0.05, 0) is 13.0 Å². The molecule has 1 aromatic rings. The summed E-state index contributed by atoms with van der Waals surface area (Å²) in [6.07, 6.45) is 0.135. The fourth-order valence-corrected chi connectivity index (χ4v) is 2.35. The van der Waals surface area contributed by atoms with Crippen molar-refractivity contribution in [1.82, 2.24) is 0 Å². The zero-order valence-electron chi connectivity index (χ0n) is 9.93. The summed E-state index contributed by atoms with van der Waals surface area (Å²) in [6, 6.07) is 7.58. The Morgan fingerprint density at radius 3 is 2.56 bits per heavy atom. The molecule has 0 amide bonds. The number of hydrogen-bond acceptors (Lipinski definition) is 3. The first-order chi connectivity index (χ1) is 7.56. The molecular formula is C13H18O2S. The number of aliphatic hydroxyl groups excluding tert-OH is 1. The van der Waals surface area contributed by atoms with Crippen molar-refractivity contribution >= 4 is 17.5 Å². The first-order valence-corrected chi connectivity index (χ1v) is 6.41. The van der Waals surface area contributed by atoms with E-state index in [9.17, 15) is 9.90 Å². The summed E-state index contributed by atoms with van der Waals surface area (Å²) in [5.74, 6) is 0.154. The second-order valence-electron chi connectivity index (χ2n) is 3.84. The summed E-state index contributed by atoms with van der Waals surface area (Å²) in [5.41, 5.74) is 0.766. The maximum Gasteiger partial charge on any atom is 0.163 e. The first kappa shape index (κ1) is 13.3. The largest absolute Gasteiger partial charge is 0.392 e. The molecule has 2 unspecified atom stereocenters. The van der Waals surface area contributed by atoms with E-state index in [4.69, 9.17) is 0 Å². The van der Waals surface area contributed by atoms with Crippen molar-refractivity contribution in [2.24, 2.45) is 0 Å². The van der Waals surface area contributed by atoms with Crippen molar-refractivity contribution in [1.29, 1.82) is 0 Å². The van der Waals surface area contributed by atoms with Gasteiger partial charge in [-0.1, -0.05) is 32.0 Å². The van der Waals surface area contributed by atoms with Gasteiger partial charge in [0.25, 0.3) is 0 Å². The molecule has 16 heavy (non-hydrogen) atoms. The number of Topliss-reactive ketones (excluding diaryl/α,β-unsaturated/α-hetero) is 1. The van der Waals surface area contributed by atoms with Crippen LogP contribution in [0.25, 0.3) is 0 Å². The van der Waals surface area contributed by atoms with E-state index in [1.165, 1.54) is 0 Å². The molecule has 0 aliphatic rings. The van der Waals surface area contributed by atoms with Crippen molar-refractivity contribution in [3.63, 3.8) is 0 Å². The quantitative estimate of drug-likeness (QED) is 0.632. The first-order valence-electron chi connectivity index (χ1n) is 5.53. The normalized spacial score (nSPS) is 14.5. The van der Waals surface area contributed by atoms with Crippen molar-refractivity contribution in [2.75, 3.05) is 0 Å². The molecule has 3 heteroatoms. The molecule has 2 atom stereocenters. The third-order valence-corrected chi connectivity index (χ3v) is 3.88. The van der Waals surface area contributed by atoms with E-state index < -0.39 is 0 Å². The number of benzene rings is 1. The maximum absolute atomic E-state index is 11.7. The van der Waals surface area contributed by atoms with Crippen LogP contribution in [0.5, 0.6) is 0 Å². The molecule has 1 rings (SSSR count). The number of rotatable bonds is 5. The Kier molecular flexibility index (Phi) is 5.03. The highest BCUT2D eigenvalue weighted by Crippen LogP contribution is 2.29. The van der Waals surface area contributed by atoms with E-state index in [1.54, 1.807) is 18.7 Å². The SMILES string of the molecule is CCC(=O)c1ccccc1SC(C)C(C)O. The highest BCUT2D eigenvalue weighted by atomic mass is 32.2. The number of aliphatic hydroxyl groups is 1. The number of thioether (sulfide) groups is 1. The minimum absolute atomic E-state index is 0.0887. The molecule has 88 valence electrons. The summed E-state index contributed by atoms with van der Waals surface area (Å²) in [4.78, 5) is 12.7.